The summed E-state index contributed by atoms with van der Waals surface area (Å²) >= 11 is 0. The lowest BCUT2D eigenvalue weighted by Gasteiger charge is -2.26. The maximum Gasteiger partial charge on any atom is 0.251 e. The van der Waals surface area contributed by atoms with Crippen LogP contribution in [0.25, 0.3) is 5.69 Å². The van der Waals surface area contributed by atoms with Crippen molar-refractivity contribution in [1.82, 2.24) is 25.0 Å². The van der Waals surface area contributed by atoms with Gasteiger partial charge in [0.25, 0.3) is 5.91 Å². The molecule has 0 bridgehead atoms. The molecular weight excluding hydrogens is 350 g/mol. The van der Waals surface area contributed by atoms with Crippen LogP contribution in [0.3, 0.4) is 0 Å². The van der Waals surface area contributed by atoms with Gasteiger partial charge in [-0.05, 0) is 61.3 Å². The monoisotopic (exact) mass is 375 g/mol. The van der Waals surface area contributed by atoms with E-state index in [0.717, 1.165) is 17.8 Å². The van der Waals surface area contributed by atoms with Crippen molar-refractivity contribution in [2.24, 2.45) is 0 Å². The van der Waals surface area contributed by atoms with Gasteiger partial charge in [0, 0.05) is 18.7 Å². The van der Waals surface area contributed by atoms with Gasteiger partial charge in [-0.2, -0.15) is 5.10 Å². The van der Waals surface area contributed by atoms with E-state index < -0.39 is 0 Å². The van der Waals surface area contributed by atoms with Crippen molar-refractivity contribution in [2.45, 2.75) is 32.4 Å². The second-order valence-corrected chi connectivity index (χ2v) is 7.22. The van der Waals surface area contributed by atoms with Gasteiger partial charge in [0.1, 0.15) is 12.7 Å². The minimum atomic E-state index is -0.0810. The summed E-state index contributed by atoms with van der Waals surface area (Å²) in [6.07, 6.45) is 7.09. The molecule has 0 radical (unpaired) electrons. The maximum atomic E-state index is 12.4. The SMILES string of the molecule is O=C(NCc1ccc(CN2CCCCC2)cc1)c1ccc(-n2cncn2)cc1. The molecule has 144 valence electrons. The Balaban J connectivity index is 1.29. The normalized spacial score (nSPS) is 14.7. The number of piperidine rings is 1. The number of hydrogen-bond donors (Lipinski definition) is 1. The Kier molecular flexibility index (Phi) is 5.77. The van der Waals surface area contributed by atoms with Crippen LogP contribution in [0.15, 0.2) is 61.2 Å². The summed E-state index contributed by atoms with van der Waals surface area (Å²) in [6.45, 7) is 3.94. The van der Waals surface area contributed by atoms with Gasteiger partial charge in [0.05, 0.1) is 5.69 Å². The molecule has 4 rings (SSSR count). The molecule has 1 aliphatic rings. The van der Waals surface area contributed by atoms with E-state index in [1.165, 1.54) is 44.2 Å². The van der Waals surface area contributed by atoms with Crippen molar-refractivity contribution in [3.63, 3.8) is 0 Å². The summed E-state index contributed by atoms with van der Waals surface area (Å²) in [5.41, 5.74) is 3.94. The van der Waals surface area contributed by atoms with E-state index in [-0.39, 0.29) is 5.91 Å². The topological polar surface area (TPSA) is 63.1 Å². The highest BCUT2D eigenvalue weighted by atomic mass is 16.1. The number of amides is 1. The number of hydrogen-bond acceptors (Lipinski definition) is 4. The first-order chi connectivity index (χ1) is 13.8. The fourth-order valence-corrected chi connectivity index (χ4v) is 3.53. The van der Waals surface area contributed by atoms with Gasteiger partial charge in [-0.3, -0.25) is 9.69 Å². The van der Waals surface area contributed by atoms with Crippen molar-refractivity contribution in [3.8, 4) is 5.69 Å². The first-order valence-corrected chi connectivity index (χ1v) is 9.81. The molecule has 0 aliphatic carbocycles. The molecule has 1 N–H and O–H groups in total. The predicted octanol–water partition coefficient (Wildman–Crippen LogP) is 3.18. The molecule has 6 heteroatoms. The molecule has 0 atom stereocenters. The minimum absolute atomic E-state index is 0.0810. The molecule has 2 aromatic carbocycles. The molecule has 28 heavy (non-hydrogen) atoms. The molecule has 1 fully saturated rings. The minimum Gasteiger partial charge on any atom is -0.348 e. The van der Waals surface area contributed by atoms with Crippen molar-refractivity contribution in [1.29, 1.82) is 0 Å². The number of carbonyl (C=O) groups excluding carboxylic acids is 1. The van der Waals surface area contributed by atoms with E-state index in [1.54, 1.807) is 23.1 Å². The van der Waals surface area contributed by atoms with Gasteiger partial charge in [-0.15, -0.1) is 0 Å². The Bertz CT molecular complexity index is 882. The van der Waals surface area contributed by atoms with Crippen LogP contribution in [0.2, 0.25) is 0 Å². The third-order valence-electron chi connectivity index (χ3n) is 5.14. The van der Waals surface area contributed by atoms with Crippen LogP contribution in [0.4, 0.5) is 0 Å². The number of nitrogens with zero attached hydrogens (tertiary/aromatic N) is 4. The second-order valence-electron chi connectivity index (χ2n) is 7.22. The van der Waals surface area contributed by atoms with Crippen LogP contribution in [0.1, 0.15) is 40.7 Å². The molecule has 1 amide bonds. The summed E-state index contributed by atoms with van der Waals surface area (Å²) in [4.78, 5) is 18.8. The van der Waals surface area contributed by atoms with E-state index in [9.17, 15) is 4.79 Å². The zero-order valence-corrected chi connectivity index (χ0v) is 15.9. The molecule has 0 saturated carbocycles. The van der Waals surface area contributed by atoms with Gasteiger partial charge in [-0.1, -0.05) is 30.7 Å². The largest absolute Gasteiger partial charge is 0.348 e. The quantitative estimate of drug-likeness (QED) is 0.719. The fourth-order valence-electron chi connectivity index (χ4n) is 3.53. The van der Waals surface area contributed by atoms with Crippen molar-refractivity contribution in [2.75, 3.05) is 13.1 Å². The van der Waals surface area contributed by atoms with Crippen LogP contribution < -0.4 is 5.32 Å². The summed E-state index contributed by atoms with van der Waals surface area (Å²) in [5, 5.41) is 7.07. The molecule has 2 heterocycles. The molecule has 6 nitrogen and oxygen atoms in total. The first kappa shape index (κ1) is 18.4. The van der Waals surface area contributed by atoms with E-state index in [0.29, 0.717) is 12.1 Å². The fraction of sp³-hybridized carbons (Fsp3) is 0.318. The van der Waals surface area contributed by atoms with Crippen molar-refractivity contribution < 1.29 is 4.79 Å². The molecule has 0 spiro atoms. The standard InChI is InChI=1S/C22H25N5O/c28-22(20-8-10-21(11-9-20)27-17-23-16-25-27)24-14-18-4-6-19(7-5-18)15-26-12-2-1-3-13-26/h4-11,16-17H,1-3,12-15H2,(H,24,28). The number of nitrogens with one attached hydrogen (secondary N) is 1. The Labute approximate surface area is 165 Å². The third kappa shape index (κ3) is 4.64. The van der Waals surface area contributed by atoms with Crippen LogP contribution in [-0.4, -0.2) is 38.7 Å². The predicted molar refractivity (Wildman–Crippen MR) is 108 cm³/mol. The lowest BCUT2D eigenvalue weighted by Crippen LogP contribution is -2.29. The number of aromatic nitrogens is 3. The Morgan fingerprint density at radius 2 is 1.64 bits per heavy atom. The highest BCUT2D eigenvalue weighted by Crippen LogP contribution is 2.14. The van der Waals surface area contributed by atoms with Gasteiger partial charge >= 0.3 is 0 Å². The van der Waals surface area contributed by atoms with Gasteiger partial charge in [0.2, 0.25) is 0 Å². The maximum absolute atomic E-state index is 12.4. The van der Waals surface area contributed by atoms with E-state index in [2.05, 4.69) is 44.6 Å². The van der Waals surface area contributed by atoms with Crippen LogP contribution in [-0.2, 0) is 13.1 Å². The van der Waals surface area contributed by atoms with E-state index in [4.69, 9.17) is 0 Å². The number of rotatable bonds is 6. The summed E-state index contributed by atoms with van der Waals surface area (Å²) in [7, 11) is 0. The average molecular weight is 375 g/mol. The summed E-state index contributed by atoms with van der Waals surface area (Å²) in [6, 6.07) is 15.9. The first-order valence-electron chi connectivity index (χ1n) is 9.81. The van der Waals surface area contributed by atoms with Gasteiger partial charge in [0.15, 0.2) is 0 Å². The van der Waals surface area contributed by atoms with Crippen LogP contribution >= 0.6 is 0 Å². The Hall–Kier alpha value is -2.99. The van der Waals surface area contributed by atoms with Crippen molar-refractivity contribution >= 4 is 5.91 Å². The smallest absolute Gasteiger partial charge is 0.251 e. The molecule has 0 unspecified atom stereocenters. The Morgan fingerprint density at radius 3 is 2.32 bits per heavy atom. The second kappa shape index (κ2) is 8.80. The number of benzene rings is 2. The van der Waals surface area contributed by atoms with Crippen LogP contribution in [0.5, 0.6) is 0 Å². The van der Waals surface area contributed by atoms with Gasteiger partial charge in [-0.25, -0.2) is 9.67 Å². The summed E-state index contributed by atoms with van der Waals surface area (Å²) < 4.78 is 1.66. The average Bonchev–Trinajstić information content (AvgIpc) is 3.29. The van der Waals surface area contributed by atoms with Gasteiger partial charge < -0.3 is 5.32 Å². The zero-order valence-electron chi connectivity index (χ0n) is 15.9. The highest BCUT2D eigenvalue weighted by Gasteiger charge is 2.10. The molecule has 1 saturated heterocycles. The lowest BCUT2D eigenvalue weighted by molar-refractivity contribution is 0.0951. The lowest BCUT2D eigenvalue weighted by atomic mass is 10.1. The summed E-state index contributed by atoms with van der Waals surface area (Å²) in [5.74, 6) is -0.0810. The Morgan fingerprint density at radius 1 is 0.929 bits per heavy atom. The number of carbonyl (C=O) groups is 1. The van der Waals surface area contributed by atoms with E-state index >= 15 is 0 Å². The molecular formula is C22H25N5O. The molecule has 3 aromatic rings. The number of likely N-dealkylation sites (tertiary alicyclic amines) is 1. The molecule has 1 aromatic heterocycles. The van der Waals surface area contributed by atoms with Crippen molar-refractivity contribution in [3.05, 3.63) is 77.9 Å². The highest BCUT2D eigenvalue weighted by molar-refractivity contribution is 5.94. The zero-order chi connectivity index (χ0) is 19.2. The molecule has 1 aliphatic heterocycles. The third-order valence-corrected chi connectivity index (χ3v) is 5.14. The van der Waals surface area contributed by atoms with E-state index in [1.807, 2.05) is 12.1 Å². The van der Waals surface area contributed by atoms with Crippen LogP contribution in [0, 0.1) is 0 Å².